The van der Waals surface area contributed by atoms with Gasteiger partial charge in [0.05, 0.1) is 13.0 Å². The molecule has 2 N–H and O–H groups in total. The molecule has 7 heteroatoms. The summed E-state index contributed by atoms with van der Waals surface area (Å²) in [7, 11) is 0. The highest BCUT2D eigenvalue weighted by molar-refractivity contribution is 6.31. The molecular weight excluding hydrogens is 368 g/mol. The minimum Gasteiger partial charge on any atom is -0.480 e. The van der Waals surface area contributed by atoms with Crippen LogP contribution >= 0.6 is 11.6 Å². The van der Waals surface area contributed by atoms with Gasteiger partial charge in [-0.25, -0.2) is 0 Å². The Morgan fingerprint density at radius 1 is 1.15 bits per heavy atom. The molecule has 0 unspecified atom stereocenters. The lowest BCUT2D eigenvalue weighted by Gasteiger charge is -2.18. The predicted molar refractivity (Wildman–Crippen MR) is 101 cm³/mol. The van der Waals surface area contributed by atoms with Gasteiger partial charge < -0.3 is 15.3 Å². The van der Waals surface area contributed by atoms with Crippen molar-refractivity contribution >= 4 is 40.8 Å². The molecule has 1 fully saturated rings. The fraction of sp³-hybridized carbons (Fsp3) is 0.250. The van der Waals surface area contributed by atoms with Crippen molar-refractivity contribution in [2.45, 2.75) is 25.8 Å². The Morgan fingerprint density at radius 2 is 1.85 bits per heavy atom. The van der Waals surface area contributed by atoms with Gasteiger partial charge in [-0.2, -0.15) is 0 Å². The number of amides is 2. The number of anilines is 2. The molecule has 0 spiro atoms. The molecule has 1 saturated carbocycles. The van der Waals surface area contributed by atoms with Crippen LogP contribution in [0.2, 0.25) is 5.02 Å². The van der Waals surface area contributed by atoms with Crippen molar-refractivity contribution in [2.24, 2.45) is 5.41 Å². The lowest BCUT2D eigenvalue weighted by molar-refractivity contribution is -0.147. The third-order valence-electron chi connectivity index (χ3n) is 5.13. The molecule has 0 aromatic heterocycles. The van der Waals surface area contributed by atoms with E-state index in [2.05, 4.69) is 5.32 Å². The summed E-state index contributed by atoms with van der Waals surface area (Å²) in [5.41, 5.74) is 1.93. The first kappa shape index (κ1) is 17.5. The van der Waals surface area contributed by atoms with E-state index in [0.29, 0.717) is 36.5 Å². The van der Waals surface area contributed by atoms with Crippen LogP contribution in [-0.4, -0.2) is 22.9 Å². The van der Waals surface area contributed by atoms with E-state index in [1.165, 1.54) is 0 Å². The molecule has 1 aliphatic carbocycles. The molecule has 2 aliphatic rings. The lowest BCUT2D eigenvalue weighted by atomic mass is 10.1. The maximum absolute atomic E-state index is 12.3. The zero-order valence-corrected chi connectivity index (χ0v) is 15.1. The van der Waals surface area contributed by atoms with E-state index in [-0.39, 0.29) is 5.91 Å². The second-order valence-electron chi connectivity index (χ2n) is 6.97. The zero-order chi connectivity index (χ0) is 19.2. The number of nitrogens with one attached hydrogen (secondary N) is 1. The highest BCUT2D eigenvalue weighted by Gasteiger charge is 2.57. The summed E-state index contributed by atoms with van der Waals surface area (Å²) < 4.78 is 0. The van der Waals surface area contributed by atoms with Gasteiger partial charge in [-0.1, -0.05) is 29.8 Å². The van der Waals surface area contributed by atoms with E-state index < -0.39 is 17.3 Å². The number of hydrogen-bond donors (Lipinski definition) is 2. The highest BCUT2D eigenvalue weighted by Crippen LogP contribution is 2.46. The van der Waals surface area contributed by atoms with Crippen LogP contribution in [0.3, 0.4) is 0 Å². The molecule has 0 atom stereocenters. The fourth-order valence-corrected chi connectivity index (χ4v) is 3.46. The van der Waals surface area contributed by atoms with Gasteiger partial charge in [0.1, 0.15) is 5.41 Å². The van der Waals surface area contributed by atoms with Crippen LogP contribution in [0, 0.1) is 5.41 Å². The number of fused-ring (bicyclic) bond motifs is 1. The Kier molecular flexibility index (Phi) is 4.15. The molecule has 6 nitrogen and oxygen atoms in total. The quantitative estimate of drug-likeness (QED) is 0.775. The second-order valence-corrected chi connectivity index (χ2v) is 7.40. The third-order valence-corrected chi connectivity index (χ3v) is 5.36. The van der Waals surface area contributed by atoms with Crippen molar-refractivity contribution in [1.82, 2.24) is 0 Å². The lowest BCUT2D eigenvalue weighted by Crippen LogP contribution is -2.31. The smallest absolute Gasteiger partial charge is 0.319 e. The molecule has 2 aromatic rings. The van der Waals surface area contributed by atoms with Gasteiger partial charge in [0.2, 0.25) is 11.8 Å². The highest BCUT2D eigenvalue weighted by atomic mass is 35.5. The van der Waals surface area contributed by atoms with Crippen molar-refractivity contribution in [1.29, 1.82) is 0 Å². The van der Waals surface area contributed by atoms with Crippen molar-refractivity contribution in [3.63, 3.8) is 0 Å². The maximum atomic E-state index is 12.3. The normalized spacial score (nSPS) is 16.8. The summed E-state index contributed by atoms with van der Waals surface area (Å²) in [6.07, 6.45) is 1.09. The molecule has 1 aliphatic heterocycles. The molecule has 0 saturated heterocycles. The Bertz CT molecular complexity index is 951. The largest absolute Gasteiger partial charge is 0.480 e. The second kappa shape index (κ2) is 6.39. The van der Waals surface area contributed by atoms with Crippen LogP contribution in [0.25, 0.3) is 0 Å². The van der Waals surface area contributed by atoms with Crippen LogP contribution in [-0.2, 0) is 27.3 Å². The van der Waals surface area contributed by atoms with Gasteiger partial charge in [0.15, 0.2) is 0 Å². The Labute approximate surface area is 160 Å². The van der Waals surface area contributed by atoms with E-state index in [0.717, 1.165) is 16.8 Å². The number of carbonyl (C=O) groups is 3. The monoisotopic (exact) mass is 384 g/mol. The Hall–Kier alpha value is -2.86. The molecule has 0 radical (unpaired) electrons. The standard InChI is InChI=1S/C20H17ClN2O4/c21-14-4-3-13-9-17(24)23(16(13)10-14)11-12-1-5-15(6-2-12)22-18(25)20(7-8-20)19(26)27/h1-6,10H,7-9,11H2,(H,22,25)(H,26,27). The van der Waals surface area contributed by atoms with Crippen LogP contribution in [0.5, 0.6) is 0 Å². The molecule has 2 aromatic carbocycles. The van der Waals surface area contributed by atoms with Gasteiger partial charge in [0.25, 0.3) is 0 Å². The van der Waals surface area contributed by atoms with Crippen LogP contribution in [0.4, 0.5) is 11.4 Å². The van der Waals surface area contributed by atoms with Crippen molar-refractivity contribution in [3.05, 3.63) is 58.6 Å². The van der Waals surface area contributed by atoms with Crippen molar-refractivity contribution < 1.29 is 19.5 Å². The first-order valence-electron chi connectivity index (χ1n) is 8.62. The van der Waals surface area contributed by atoms with Crippen LogP contribution in [0.15, 0.2) is 42.5 Å². The van der Waals surface area contributed by atoms with Crippen LogP contribution in [0.1, 0.15) is 24.0 Å². The van der Waals surface area contributed by atoms with Crippen LogP contribution < -0.4 is 10.2 Å². The summed E-state index contributed by atoms with van der Waals surface area (Å²) in [5, 5.41) is 12.4. The average Bonchev–Trinajstić information content (AvgIpc) is 3.39. The molecule has 1 heterocycles. The van der Waals surface area contributed by atoms with E-state index in [1.807, 2.05) is 18.2 Å². The predicted octanol–water partition coefficient (Wildman–Crippen LogP) is 3.23. The topological polar surface area (TPSA) is 86.7 Å². The average molecular weight is 385 g/mol. The summed E-state index contributed by atoms with van der Waals surface area (Å²) >= 11 is 6.05. The first-order valence-corrected chi connectivity index (χ1v) is 8.99. The van der Waals surface area contributed by atoms with E-state index in [4.69, 9.17) is 11.6 Å². The molecule has 27 heavy (non-hydrogen) atoms. The number of carboxylic acids is 1. The molecule has 2 amide bonds. The molecule has 0 bridgehead atoms. The number of aliphatic carboxylic acids is 1. The number of benzene rings is 2. The number of carbonyl (C=O) groups excluding carboxylic acids is 2. The number of carboxylic acid groups (broad SMARTS) is 1. The minimum atomic E-state index is -1.27. The zero-order valence-electron chi connectivity index (χ0n) is 14.4. The van der Waals surface area contributed by atoms with Gasteiger partial charge >= 0.3 is 5.97 Å². The Morgan fingerprint density at radius 3 is 2.48 bits per heavy atom. The number of halogens is 1. The maximum Gasteiger partial charge on any atom is 0.319 e. The minimum absolute atomic E-state index is 0.0155. The van der Waals surface area contributed by atoms with Crippen molar-refractivity contribution in [2.75, 3.05) is 10.2 Å². The van der Waals surface area contributed by atoms with E-state index in [1.54, 1.807) is 29.2 Å². The van der Waals surface area contributed by atoms with E-state index in [9.17, 15) is 19.5 Å². The van der Waals surface area contributed by atoms with Crippen molar-refractivity contribution in [3.8, 4) is 0 Å². The third kappa shape index (κ3) is 3.17. The number of nitrogens with zero attached hydrogens (tertiary/aromatic N) is 1. The van der Waals surface area contributed by atoms with Gasteiger partial charge in [-0.3, -0.25) is 14.4 Å². The van der Waals surface area contributed by atoms with Gasteiger partial charge in [-0.05, 0) is 48.2 Å². The molecular formula is C20H17ClN2O4. The summed E-state index contributed by atoms with van der Waals surface area (Å²) in [6.45, 7) is 0.402. The summed E-state index contributed by atoms with van der Waals surface area (Å²) in [4.78, 5) is 37.4. The first-order chi connectivity index (χ1) is 12.9. The molecule has 4 rings (SSSR count). The fourth-order valence-electron chi connectivity index (χ4n) is 3.29. The van der Waals surface area contributed by atoms with Gasteiger partial charge in [0, 0.05) is 16.4 Å². The number of hydrogen-bond acceptors (Lipinski definition) is 3. The SMILES string of the molecule is O=C1Cc2ccc(Cl)cc2N1Cc1ccc(NC(=O)C2(C(=O)O)CC2)cc1. The van der Waals surface area contributed by atoms with Gasteiger partial charge in [-0.15, -0.1) is 0 Å². The molecule has 138 valence electrons. The van der Waals surface area contributed by atoms with E-state index >= 15 is 0 Å². The summed E-state index contributed by atoms with van der Waals surface area (Å²) in [6, 6.07) is 12.5. The number of rotatable bonds is 5. The Balaban J connectivity index is 1.46. The summed E-state index contributed by atoms with van der Waals surface area (Å²) in [5.74, 6) is -1.55.